The Morgan fingerprint density at radius 1 is 1.16 bits per heavy atom. The van der Waals surface area contributed by atoms with Crippen LogP contribution in [0.1, 0.15) is 46.5 Å². The number of unbranched alkanes of at least 4 members (excludes halogenated alkanes) is 2. The highest BCUT2D eigenvalue weighted by atomic mass is 16.6. The second-order valence-corrected chi connectivity index (χ2v) is 5.85. The summed E-state index contributed by atoms with van der Waals surface area (Å²) in [6, 6.07) is 0. The van der Waals surface area contributed by atoms with Crippen LogP contribution in [0.4, 0.5) is 4.79 Å². The molecule has 0 aliphatic carbocycles. The van der Waals surface area contributed by atoms with Crippen LogP contribution in [0, 0.1) is 0 Å². The monoisotopic (exact) mass is 273 g/mol. The molecule has 0 aromatic heterocycles. The molecule has 0 spiro atoms. The van der Waals surface area contributed by atoms with Crippen LogP contribution in [0.3, 0.4) is 0 Å². The molecular formula is C14H31N3O2. The number of nitrogens with two attached hydrogens (primary N) is 1. The van der Waals surface area contributed by atoms with Crippen molar-refractivity contribution < 1.29 is 9.53 Å². The first kappa shape index (κ1) is 18.2. The molecular weight excluding hydrogens is 242 g/mol. The van der Waals surface area contributed by atoms with Gasteiger partial charge in [0.05, 0.1) is 0 Å². The van der Waals surface area contributed by atoms with Crippen molar-refractivity contribution in [3.63, 3.8) is 0 Å². The van der Waals surface area contributed by atoms with Crippen molar-refractivity contribution in [2.75, 3.05) is 33.2 Å². The lowest BCUT2D eigenvalue weighted by Gasteiger charge is -2.24. The maximum absolute atomic E-state index is 11.7. The highest BCUT2D eigenvalue weighted by Crippen LogP contribution is 2.09. The van der Waals surface area contributed by atoms with Gasteiger partial charge in [-0.3, -0.25) is 0 Å². The topological polar surface area (TPSA) is 67.6 Å². The van der Waals surface area contributed by atoms with Crippen LogP contribution >= 0.6 is 0 Å². The Labute approximate surface area is 117 Å². The summed E-state index contributed by atoms with van der Waals surface area (Å²) in [7, 11) is 1.78. The maximum Gasteiger partial charge on any atom is 0.410 e. The van der Waals surface area contributed by atoms with E-state index in [-0.39, 0.29) is 6.09 Å². The third-order valence-electron chi connectivity index (χ3n) is 2.61. The molecule has 3 N–H and O–H groups in total. The van der Waals surface area contributed by atoms with Crippen LogP contribution in [0.5, 0.6) is 0 Å². The molecule has 0 fully saturated rings. The standard InChI is InChI=1S/C14H31N3O2/c1-14(2,3)19-13(18)17(4)12-8-7-11-16-10-6-5-9-15/h16H,5-12,15H2,1-4H3. The third kappa shape index (κ3) is 12.0. The number of nitrogens with one attached hydrogen (secondary N) is 1. The molecule has 0 unspecified atom stereocenters. The van der Waals surface area contributed by atoms with Gasteiger partial charge in [-0.05, 0) is 66.1 Å². The van der Waals surface area contributed by atoms with Crippen LogP contribution in [-0.4, -0.2) is 49.8 Å². The Morgan fingerprint density at radius 3 is 2.26 bits per heavy atom. The number of nitrogens with zero attached hydrogens (tertiary/aromatic N) is 1. The van der Waals surface area contributed by atoms with Crippen molar-refractivity contribution in [3.05, 3.63) is 0 Å². The molecule has 0 radical (unpaired) electrons. The van der Waals surface area contributed by atoms with Gasteiger partial charge in [0.1, 0.15) is 5.60 Å². The first-order chi connectivity index (χ1) is 8.87. The molecule has 0 aromatic carbocycles. The van der Waals surface area contributed by atoms with Crippen molar-refractivity contribution in [3.8, 4) is 0 Å². The van der Waals surface area contributed by atoms with Gasteiger partial charge >= 0.3 is 6.09 Å². The average molecular weight is 273 g/mol. The van der Waals surface area contributed by atoms with E-state index < -0.39 is 5.60 Å². The van der Waals surface area contributed by atoms with Crippen LogP contribution in [0.25, 0.3) is 0 Å². The van der Waals surface area contributed by atoms with Gasteiger partial charge in [-0.15, -0.1) is 0 Å². The van der Waals surface area contributed by atoms with Crippen LogP contribution in [-0.2, 0) is 4.74 Å². The van der Waals surface area contributed by atoms with Crippen molar-refractivity contribution in [1.82, 2.24) is 10.2 Å². The van der Waals surface area contributed by atoms with E-state index in [1.807, 2.05) is 20.8 Å². The lowest BCUT2D eigenvalue weighted by atomic mass is 10.2. The van der Waals surface area contributed by atoms with E-state index in [0.29, 0.717) is 0 Å². The zero-order valence-corrected chi connectivity index (χ0v) is 13.0. The van der Waals surface area contributed by atoms with E-state index in [2.05, 4.69) is 5.32 Å². The second-order valence-electron chi connectivity index (χ2n) is 5.85. The maximum atomic E-state index is 11.7. The fraction of sp³-hybridized carbons (Fsp3) is 0.929. The van der Waals surface area contributed by atoms with Crippen molar-refractivity contribution in [2.45, 2.75) is 52.1 Å². The number of hydrogen-bond donors (Lipinski definition) is 2. The summed E-state index contributed by atoms with van der Waals surface area (Å²) in [4.78, 5) is 13.3. The molecule has 1 amide bonds. The number of rotatable bonds is 9. The predicted octanol–water partition coefficient (Wildman–Crippen LogP) is 1.96. The zero-order chi connectivity index (χ0) is 14.7. The largest absolute Gasteiger partial charge is 0.444 e. The summed E-state index contributed by atoms with van der Waals surface area (Å²) in [5, 5.41) is 3.37. The zero-order valence-electron chi connectivity index (χ0n) is 13.0. The highest BCUT2D eigenvalue weighted by molar-refractivity contribution is 5.67. The van der Waals surface area contributed by atoms with E-state index in [9.17, 15) is 4.79 Å². The minimum Gasteiger partial charge on any atom is -0.444 e. The molecule has 0 aromatic rings. The Balaban J connectivity index is 3.48. The van der Waals surface area contributed by atoms with Gasteiger partial charge in [-0.25, -0.2) is 4.79 Å². The van der Waals surface area contributed by atoms with E-state index >= 15 is 0 Å². The molecule has 0 aliphatic rings. The van der Waals surface area contributed by atoms with Gasteiger partial charge in [0.2, 0.25) is 0 Å². The molecule has 5 heteroatoms. The predicted molar refractivity (Wildman–Crippen MR) is 79.3 cm³/mol. The van der Waals surface area contributed by atoms with E-state index in [0.717, 1.165) is 51.9 Å². The number of carbonyl (C=O) groups is 1. The molecule has 0 aliphatic heterocycles. The Hall–Kier alpha value is -0.810. The highest BCUT2D eigenvalue weighted by Gasteiger charge is 2.18. The molecule has 19 heavy (non-hydrogen) atoms. The van der Waals surface area contributed by atoms with E-state index in [4.69, 9.17) is 10.5 Å². The SMILES string of the molecule is CN(CCCCNCCCCN)C(=O)OC(C)(C)C. The quantitative estimate of drug-likeness (QED) is 0.630. The van der Waals surface area contributed by atoms with Crippen molar-refractivity contribution in [1.29, 1.82) is 0 Å². The molecule has 0 atom stereocenters. The summed E-state index contributed by atoms with van der Waals surface area (Å²) in [5.41, 5.74) is 5.00. The van der Waals surface area contributed by atoms with Crippen molar-refractivity contribution in [2.24, 2.45) is 5.73 Å². The normalized spacial score (nSPS) is 11.4. The molecule has 0 saturated carbocycles. The molecule has 0 rings (SSSR count). The Kier molecular flexibility index (Phi) is 9.61. The van der Waals surface area contributed by atoms with Gasteiger partial charge < -0.3 is 20.7 Å². The molecule has 0 saturated heterocycles. The summed E-state index contributed by atoms with van der Waals surface area (Å²) in [6.45, 7) is 9.16. The van der Waals surface area contributed by atoms with Gasteiger partial charge in [-0.1, -0.05) is 0 Å². The van der Waals surface area contributed by atoms with Gasteiger partial charge in [0, 0.05) is 13.6 Å². The minimum absolute atomic E-state index is 0.247. The van der Waals surface area contributed by atoms with Gasteiger partial charge in [0.15, 0.2) is 0 Å². The summed E-state index contributed by atoms with van der Waals surface area (Å²) in [5.74, 6) is 0. The Bertz CT molecular complexity index is 239. The molecule has 114 valence electrons. The third-order valence-corrected chi connectivity index (χ3v) is 2.61. The average Bonchev–Trinajstić information content (AvgIpc) is 2.30. The molecule has 0 heterocycles. The summed E-state index contributed by atoms with van der Waals surface area (Å²) in [6.07, 6.45) is 4.02. The summed E-state index contributed by atoms with van der Waals surface area (Å²) < 4.78 is 5.28. The first-order valence-corrected chi connectivity index (χ1v) is 7.21. The van der Waals surface area contributed by atoms with E-state index in [1.165, 1.54) is 0 Å². The lowest BCUT2D eigenvalue weighted by Crippen LogP contribution is -2.34. The van der Waals surface area contributed by atoms with E-state index in [1.54, 1.807) is 11.9 Å². The van der Waals surface area contributed by atoms with Crippen LogP contribution in [0.15, 0.2) is 0 Å². The smallest absolute Gasteiger partial charge is 0.410 e. The fourth-order valence-corrected chi connectivity index (χ4v) is 1.55. The van der Waals surface area contributed by atoms with Gasteiger partial charge in [0.25, 0.3) is 0 Å². The second kappa shape index (κ2) is 10.0. The molecule has 5 nitrogen and oxygen atoms in total. The molecule has 0 bridgehead atoms. The number of carbonyl (C=O) groups excluding carboxylic acids is 1. The Morgan fingerprint density at radius 2 is 1.74 bits per heavy atom. The van der Waals surface area contributed by atoms with Crippen molar-refractivity contribution >= 4 is 6.09 Å². The van der Waals surface area contributed by atoms with Crippen LogP contribution < -0.4 is 11.1 Å². The first-order valence-electron chi connectivity index (χ1n) is 7.21. The minimum atomic E-state index is -0.421. The fourth-order valence-electron chi connectivity index (χ4n) is 1.55. The summed E-state index contributed by atoms with van der Waals surface area (Å²) >= 11 is 0. The number of hydrogen-bond acceptors (Lipinski definition) is 4. The number of ether oxygens (including phenoxy) is 1. The van der Waals surface area contributed by atoms with Crippen LogP contribution in [0.2, 0.25) is 0 Å². The lowest BCUT2D eigenvalue weighted by molar-refractivity contribution is 0.0296. The van der Waals surface area contributed by atoms with Gasteiger partial charge in [-0.2, -0.15) is 0 Å². The number of amides is 1.